The molecule has 0 saturated carbocycles. The van der Waals surface area contributed by atoms with Crippen molar-refractivity contribution < 1.29 is 14.2 Å². The standard InChI is InChI=1S/C23H22BrCl2NO3/c1-3-29-22-10-16(13-27-18-6-8-19(28-2)9-7-18)20(24)12-23(22)30-14-15-4-5-17(25)11-21(15)26/h4-12,27H,3,13-14H2,1-2H3. The number of benzene rings is 3. The summed E-state index contributed by atoms with van der Waals surface area (Å²) in [4.78, 5) is 0. The quantitative estimate of drug-likeness (QED) is 0.326. The molecule has 30 heavy (non-hydrogen) atoms. The lowest BCUT2D eigenvalue weighted by molar-refractivity contribution is 0.269. The number of methoxy groups -OCH3 is 1. The number of hydrogen-bond donors (Lipinski definition) is 1. The Kier molecular flexibility index (Phi) is 8.14. The molecule has 158 valence electrons. The molecule has 0 spiro atoms. The minimum atomic E-state index is 0.311. The Hall–Kier alpha value is -2.08. The molecule has 3 aromatic rings. The maximum Gasteiger partial charge on any atom is 0.162 e. The molecule has 0 unspecified atom stereocenters. The highest BCUT2D eigenvalue weighted by Gasteiger charge is 2.12. The summed E-state index contributed by atoms with van der Waals surface area (Å²) in [6.07, 6.45) is 0. The predicted octanol–water partition coefficient (Wildman–Crippen LogP) is 7.35. The van der Waals surface area contributed by atoms with Crippen molar-refractivity contribution in [2.75, 3.05) is 19.0 Å². The molecule has 0 saturated heterocycles. The van der Waals surface area contributed by atoms with Gasteiger partial charge in [0.25, 0.3) is 0 Å². The number of anilines is 1. The van der Waals surface area contributed by atoms with Crippen molar-refractivity contribution in [3.05, 3.63) is 80.2 Å². The molecule has 0 aliphatic carbocycles. The third-order valence-corrected chi connectivity index (χ3v) is 5.71. The Morgan fingerprint density at radius 1 is 0.900 bits per heavy atom. The van der Waals surface area contributed by atoms with Crippen LogP contribution in [0.3, 0.4) is 0 Å². The van der Waals surface area contributed by atoms with Crippen molar-refractivity contribution in [2.24, 2.45) is 0 Å². The monoisotopic (exact) mass is 509 g/mol. The van der Waals surface area contributed by atoms with E-state index in [0.29, 0.717) is 41.3 Å². The fourth-order valence-corrected chi connectivity index (χ4v) is 3.72. The number of ether oxygens (including phenoxy) is 3. The fourth-order valence-electron chi connectivity index (χ4n) is 2.79. The molecule has 4 nitrogen and oxygen atoms in total. The van der Waals surface area contributed by atoms with Crippen molar-refractivity contribution in [1.29, 1.82) is 0 Å². The van der Waals surface area contributed by atoms with Crippen LogP contribution in [0.25, 0.3) is 0 Å². The zero-order valence-corrected chi connectivity index (χ0v) is 19.8. The van der Waals surface area contributed by atoms with E-state index < -0.39 is 0 Å². The van der Waals surface area contributed by atoms with Crippen LogP contribution in [0.2, 0.25) is 10.0 Å². The van der Waals surface area contributed by atoms with E-state index in [1.54, 1.807) is 19.2 Å². The average Bonchev–Trinajstić information content (AvgIpc) is 2.74. The maximum absolute atomic E-state index is 6.25. The van der Waals surface area contributed by atoms with Gasteiger partial charge < -0.3 is 19.5 Å². The van der Waals surface area contributed by atoms with Gasteiger partial charge in [0, 0.05) is 32.3 Å². The number of halogens is 3. The molecule has 3 aromatic carbocycles. The van der Waals surface area contributed by atoms with Crippen LogP contribution in [0.4, 0.5) is 5.69 Å². The highest BCUT2D eigenvalue weighted by molar-refractivity contribution is 9.10. The van der Waals surface area contributed by atoms with Gasteiger partial charge in [-0.15, -0.1) is 0 Å². The summed E-state index contributed by atoms with van der Waals surface area (Å²) in [6.45, 7) is 3.41. The SMILES string of the molecule is CCOc1cc(CNc2ccc(OC)cc2)c(Br)cc1OCc1ccc(Cl)cc1Cl. The first-order chi connectivity index (χ1) is 14.5. The molecule has 7 heteroatoms. The van der Waals surface area contributed by atoms with E-state index in [4.69, 9.17) is 37.4 Å². The van der Waals surface area contributed by atoms with Crippen LogP contribution in [0.1, 0.15) is 18.1 Å². The number of rotatable bonds is 9. The van der Waals surface area contributed by atoms with E-state index in [2.05, 4.69) is 21.2 Å². The van der Waals surface area contributed by atoms with Crippen molar-refractivity contribution in [3.63, 3.8) is 0 Å². The van der Waals surface area contributed by atoms with Gasteiger partial charge in [-0.3, -0.25) is 0 Å². The summed E-state index contributed by atoms with van der Waals surface area (Å²) in [5.41, 5.74) is 2.90. The zero-order chi connectivity index (χ0) is 21.5. The fraction of sp³-hybridized carbons (Fsp3) is 0.217. The van der Waals surface area contributed by atoms with Crippen molar-refractivity contribution >= 4 is 44.8 Å². The molecule has 3 rings (SSSR count). The van der Waals surface area contributed by atoms with Crippen molar-refractivity contribution in [1.82, 2.24) is 0 Å². The topological polar surface area (TPSA) is 39.7 Å². The first-order valence-electron chi connectivity index (χ1n) is 9.40. The van der Waals surface area contributed by atoms with Crippen LogP contribution < -0.4 is 19.5 Å². The van der Waals surface area contributed by atoms with Gasteiger partial charge in [0.05, 0.1) is 13.7 Å². The maximum atomic E-state index is 6.25. The van der Waals surface area contributed by atoms with Gasteiger partial charge in [-0.25, -0.2) is 0 Å². The lowest BCUT2D eigenvalue weighted by Crippen LogP contribution is -2.04. The second kappa shape index (κ2) is 10.8. The summed E-state index contributed by atoms with van der Waals surface area (Å²) in [6, 6.07) is 17.0. The molecule has 0 aliphatic rings. The van der Waals surface area contributed by atoms with E-state index >= 15 is 0 Å². The highest BCUT2D eigenvalue weighted by Crippen LogP contribution is 2.35. The third-order valence-electron chi connectivity index (χ3n) is 4.38. The number of nitrogens with one attached hydrogen (secondary N) is 1. The molecule has 0 amide bonds. The lowest BCUT2D eigenvalue weighted by atomic mass is 10.2. The Bertz CT molecular complexity index is 996. The smallest absolute Gasteiger partial charge is 0.162 e. The van der Waals surface area contributed by atoms with Gasteiger partial charge in [0.2, 0.25) is 0 Å². The van der Waals surface area contributed by atoms with Gasteiger partial charge in [-0.2, -0.15) is 0 Å². The van der Waals surface area contributed by atoms with Crippen LogP contribution in [-0.4, -0.2) is 13.7 Å². The zero-order valence-electron chi connectivity index (χ0n) is 16.7. The summed E-state index contributed by atoms with van der Waals surface area (Å²) < 4.78 is 17.9. The largest absolute Gasteiger partial charge is 0.497 e. The average molecular weight is 511 g/mol. The molecular formula is C23H22BrCl2NO3. The second-order valence-corrected chi connectivity index (χ2v) is 8.13. The summed E-state index contributed by atoms with van der Waals surface area (Å²) >= 11 is 15.9. The lowest BCUT2D eigenvalue weighted by Gasteiger charge is -2.16. The molecule has 0 fully saturated rings. The molecule has 0 bridgehead atoms. The van der Waals surface area contributed by atoms with Crippen LogP contribution in [0.15, 0.2) is 59.1 Å². The third kappa shape index (κ3) is 5.97. The normalized spacial score (nSPS) is 10.6. The van der Waals surface area contributed by atoms with Crippen molar-refractivity contribution in [3.8, 4) is 17.2 Å². The Labute approximate surface area is 195 Å². The van der Waals surface area contributed by atoms with Gasteiger partial charge in [-0.1, -0.05) is 45.2 Å². The van der Waals surface area contributed by atoms with E-state index in [9.17, 15) is 0 Å². The van der Waals surface area contributed by atoms with Crippen LogP contribution in [0, 0.1) is 0 Å². The first kappa shape index (κ1) is 22.6. The number of hydrogen-bond acceptors (Lipinski definition) is 4. The van der Waals surface area contributed by atoms with E-state index in [1.807, 2.05) is 49.4 Å². The minimum absolute atomic E-state index is 0.311. The molecule has 0 heterocycles. The van der Waals surface area contributed by atoms with E-state index in [-0.39, 0.29) is 0 Å². The van der Waals surface area contributed by atoms with Gasteiger partial charge in [0.1, 0.15) is 12.4 Å². The second-order valence-electron chi connectivity index (χ2n) is 6.43. The Morgan fingerprint density at radius 2 is 1.63 bits per heavy atom. The van der Waals surface area contributed by atoms with Crippen LogP contribution >= 0.6 is 39.1 Å². The highest BCUT2D eigenvalue weighted by atomic mass is 79.9. The summed E-state index contributed by atoms with van der Waals surface area (Å²) in [5, 5.41) is 4.56. The Balaban J connectivity index is 1.73. The molecular weight excluding hydrogens is 489 g/mol. The van der Waals surface area contributed by atoms with E-state index in [0.717, 1.165) is 27.0 Å². The molecule has 0 atom stereocenters. The Morgan fingerprint density at radius 3 is 2.30 bits per heavy atom. The minimum Gasteiger partial charge on any atom is -0.497 e. The molecule has 0 aromatic heterocycles. The first-order valence-corrected chi connectivity index (χ1v) is 10.9. The van der Waals surface area contributed by atoms with E-state index in [1.165, 1.54) is 0 Å². The molecule has 0 aliphatic heterocycles. The summed E-state index contributed by atoms with van der Waals surface area (Å²) in [5.74, 6) is 2.14. The summed E-state index contributed by atoms with van der Waals surface area (Å²) in [7, 11) is 1.65. The van der Waals surface area contributed by atoms with Crippen LogP contribution in [0.5, 0.6) is 17.2 Å². The predicted molar refractivity (Wildman–Crippen MR) is 126 cm³/mol. The van der Waals surface area contributed by atoms with Crippen LogP contribution in [-0.2, 0) is 13.2 Å². The van der Waals surface area contributed by atoms with Gasteiger partial charge >= 0.3 is 0 Å². The van der Waals surface area contributed by atoms with Crippen molar-refractivity contribution in [2.45, 2.75) is 20.1 Å². The van der Waals surface area contributed by atoms with Gasteiger partial charge in [-0.05, 0) is 61.0 Å². The van der Waals surface area contributed by atoms with Gasteiger partial charge in [0.15, 0.2) is 11.5 Å². The molecule has 0 radical (unpaired) electrons. The molecule has 1 N–H and O–H groups in total.